The number of nitrogens with one attached hydrogen (secondary N) is 2. The van der Waals surface area contributed by atoms with Crippen LogP contribution in [0.1, 0.15) is 31.9 Å². The van der Waals surface area contributed by atoms with E-state index in [1.54, 1.807) is 0 Å². The molecule has 3 N–H and O–H groups in total. The molecule has 1 aliphatic rings. The molecule has 1 aliphatic carbocycles. The standard InChI is InChI=1S/C15H22N2O2/c1-14(2,3)17-13(18)16-10-15(19)8-11-6-4-5-7-12(11)9-15/h4-7,19H,8-10H2,1-3H3,(H2,16,17,18). The van der Waals surface area contributed by atoms with Gasteiger partial charge in [0, 0.05) is 24.9 Å². The molecule has 0 fully saturated rings. The monoisotopic (exact) mass is 262 g/mol. The van der Waals surface area contributed by atoms with Crippen molar-refractivity contribution in [2.75, 3.05) is 6.54 Å². The minimum absolute atomic E-state index is 0.239. The first-order valence-corrected chi connectivity index (χ1v) is 6.63. The van der Waals surface area contributed by atoms with Crippen LogP contribution in [0.25, 0.3) is 0 Å². The van der Waals surface area contributed by atoms with Crippen molar-refractivity contribution in [3.8, 4) is 0 Å². The number of aliphatic hydroxyl groups is 1. The zero-order valence-electron chi connectivity index (χ0n) is 11.8. The van der Waals surface area contributed by atoms with Gasteiger partial charge in [0.15, 0.2) is 0 Å². The molecule has 0 aliphatic heterocycles. The molecule has 0 atom stereocenters. The Morgan fingerprint density at radius 1 is 1.26 bits per heavy atom. The smallest absolute Gasteiger partial charge is 0.315 e. The van der Waals surface area contributed by atoms with Crippen molar-refractivity contribution in [3.63, 3.8) is 0 Å². The van der Waals surface area contributed by atoms with Crippen molar-refractivity contribution < 1.29 is 9.90 Å². The zero-order valence-corrected chi connectivity index (χ0v) is 11.8. The fraction of sp³-hybridized carbons (Fsp3) is 0.533. The van der Waals surface area contributed by atoms with E-state index in [0.717, 1.165) is 0 Å². The van der Waals surface area contributed by atoms with Gasteiger partial charge in [-0.2, -0.15) is 0 Å². The molecule has 4 nitrogen and oxygen atoms in total. The van der Waals surface area contributed by atoms with Gasteiger partial charge in [0.25, 0.3) is 0 Å². The third kappa shape index (κ3) is 3.70. The van der Waals surface area contributed by atoms with Gasteiger partial charge < -0.3 is 15.7 Å². The summed E-state index contributed by atoms with van der Waals surface area (Å²) < 4.78 is 0. The van der Waals surface area contributed by atoms with Gasteiger partial charge >= 0.3 is 6.03 Å². The fourth-order valence-corrected chi connectivity index (χ4v) is 2.43. The van der Waals surface area contributed by atoms with E-state index in [9.17, 15) is 9.90 Å². The molecule has 0 saturated heterocycles. The lowest BCUT2D eigenvalue weighted by molar-refractivity contribution is 0.0533. The summed E-state index contributed by atoms with van der Waals surface area (Å²) in [6.45, 7) is 6.04. The molecule has 0 spiro atoms. The van der Waals surface area contributed by atoms with Gasteiger partial charge in [0.1, 0.15) is 0 Å². The summed E-state index contributed by atoms with van der Waals surface area (Å²) in [5.41, 5.74) is 1.20. The zero-order chi connectivity index (χ0) is 14.1. The van der Waals surface area contributed by atoms with Gasteiger partial charge in [0.05, 0.1) is 5.60 Å². The largest absolute Gasteiger partial charge is 0.387 e. The summed E-state index contributed by atoms with van der Waals surface area (Å²) >= 11 is 0. The van der Waals surface area contributed by atoms with Crippen LogP contribution in [0.4, 0.5) is 4.79 Å². The number of hydrogen-bond donors (Lipinski definition) is 3. The maximum Gasteiger partial charge on any atom is 0.315 e. The first-order valence-electron chi connectivity index (χ1n) is 6.63. The molecule has 0 aromatic heterocycles. The molecule has 104 valence electrons. The van der Waals surface area contributed by atoms with Gasteiger partial charge in [-0.15, -0.1) is 0 Å². The Kier molecular flexibility index (Phi) is 3.54. The predicted octanol–water partition coefficient (Wildman–Crippen LogP) is 1.61. The van der Waals surface area contributed by atoms with E-state index in [0.29, 0.717) is 12.8 Å². The summed E-state index contributed by atoms with van der Waals surface area (Å²) in [7, 11) is 0. The Morgan fingerprint density at radius 3 is 2.26 bits per heavy atom. The highest BCUT2D eigenvalue weighted by molar-refractivity contribution is 5.74. The first-order chi connectivity index (χ1) is 8.77. The van der Waals surface area contributed by atoms with Crippen LogP contribution in [0.15, 0.2) is 24.3 Å². The molecule has 1 aromatic rings. The highest BCUT2D eigenvalue weighted by atomic mass is 16.3. The number of benzene rings is 1. The van der Waals surface area contributed by atoms with Crippen molar-refractivity contribution in [2.24, 2.45) is 0 Å². The number of carbonyl (C=O) groups excluding carboxylic acids is 1. The van der Waals surface area contributed by atoms with Crippen LogP contribution >= 0.6 is 0 Å². The lowest BCUT2D eigenvalue weighted by Crippen LogP contribution is -2.51. The van der Waals surface area contributed by atoms with Gasteiger partial charge in [-0.3, -0.25) is 0 Å². The lowest BCUT2D eigenvalue weighted by Gasteiger charge is -2.25. The SMILES string of the molecule is CC(C)(C)NC(=O)NCC1(O)Cc2ccccc2C1. The third-order valence-electron chi connectivity index (χ3n) is 3.22. The maximum absolute atomic E-state index is 11.7. The highest BCUT2D eigenvalue weighted by Crippen LogP contribution is 2.29. The number of fused-ring (bicyclic) bond motifs is 1. The second-order valence-corrected chi connectivity index (χ2v) is 6.40. The van der Waals surface area contributed by atoms with Crippen molar-refractivity contribution >= 4 is 6.03 Å². The quantitative estimate of drug-likeness (QED) is 0.758. The molecule has 0 bridgehead atoms. The second kappa shape index (κ2) is 4.85. The Balaban J connectivity index is 1.90. The molecular formula is C15H22N2O2. The van der Waals surface area contributed by atoms with Crippen LogP contribution in [0.5, 0.6) is 0 Å². The van der Waals surface area contributed by atoms with E-state index in [2.05, 4.69) is 10.6 Å². The molecular weight excluding hydrogens is 240 g/mol. The number of urea groups is 1. The minimum atomic E-state index is -0.862. The van der Waals surface area contributed by atoms with Gasteiger partial charge in [0.2, 0.25) is 0 Å². The summed E-state index contributed by atoms with van der Waals surface area (Å²) in [6, 6.07) is 7.77. The van der Waals surface area contributed by atoms with Crippen molar-refractivity contribution in [1.29, 1.82) is 0 Å². The Hall–Kier alpha value is -1.55. The number of rotatable bonds is 2. The fourth-order valence-electron chi connectivity index (χ4n) is 2.43. The van der Waals surface area contributed by atoms with Gasteiger partial charge in [-0.05, 0) is 31.9 Å². The average molecular weight is 262 g/mol. The molecule has 1 aromatic carbocycles. The van der Waals surface area contributed by atoms with E-state index >= 15 is 0 Å². The average Bonchev–Trinajstić information content (AvgIpc) is 2.61. The molecule has 2 rings (SSSR count). The van der Waals surface area contributed by atoms with Crippen LogP contribution in [0, 0.1) is 0 Å². The number of amides is 2. The van der Waals surface area contributed by atoms with Crippen LogP contribution < -0.4 is 10.6 Å². The maximum atomic E-state index is 11.7. The topological polar surface area (TPSA) is 61.4 Å². The van der Waals surface area contributed by atoms with Crippen LogP contribution in [0.2, 0.25) is 0 Å². The number of carbonyl (C=O) groups is 1. The number of hydrogen-bond acceptors (Lipinski definition) is 2. The highest BCUT2D eigenvalue weighted by Gasteiger charge is 2.35. The van der Waals surface area contributed by atoms with Gasteiger partial charge in [-0.25, -0.2) is 4.79 Å². The molecule has 0 radical (unpaired) electrons. The molecule has 0 saturated carbocycles. The van der Waals surface area contributed by atoms with E-state index in [1.807, 2.05) is 45.0 Å². The second-order valence-electron chi connectivity index (χ2n) is 6.40. The van der Waals surface area contributed by atoms with Crippen LogP contribution in [-0.4, -0.2) is 28.8 Å². The Bertz CT molecular complexity index is 452. The summed E-state index contributed by atoms with van der Waals surface area (Å²) in [5.74, 6) is 0. The Morgan fingerprint density at radius 2 is 1.79 bits per heavy atom. The van der Waals surface area contributed by atoms with Crippen molar-refractivity contribution in [3.05, 3.63) is 35.4 Å². The predicted molar refractivity (Wildman–Crippen MR) is 75.1 cm³/mol. The van der Waals surface area contributed by atoms with Gasteiger partial charge in [-0.1, -0.05) is 24.3 Å². The van der Waals surface area contributed by atoms with Crippen LogP contribution in [0.3, 0.4) is 0 Å². The lowest BCUT2D eigenvalue weighted by atomic mass is 10.0. The normalized spacial score (nSPS) is 16.8. The third-order valence-corrected chi connectivity index (χ3v) is 3.22. The van der Waals surface area contributed by atoms with Crippen molar-refractivity contribution in [2.45, 2.75) is 44.8 Å². The first kappa shape index (κ1) is 13.9. The Labute approximate surface area is 114 Å². The molecule has 0 unspecified atom stereocenters. The van der Waals surface area contributed by atoms with E-state index < -0.39 is 5.60 Å². The molecule has 2 amide bonds. The summed E-state index contributed by atoms with van der Waals surface area (Å²) in [4.78, 5) is 11.7. The van der Waals surface area contributed by atoms with E-state index in [1.165, 1.54) is 11.1 Å². The summed E-state index contributed by atoms with van der Waals surface area (Å²) in [6.07, 6.45) is 1.19. The molecule has 4 heteroatoms. The van der Waals surface area contributed by atoms with Crippen molar-refractivity contribution in [1.82, 2.24) is 10.6 Å². The van der Waals surface area contributed by atoms with E-state index in [-0.39, 0.29) is 18.1 Å². The molecule has 19 heavy (non-hydrogen) atoms. The molecule has 0 heterocycles. The summed E-state index contributed by atoms with van der Waals surface area (Å²) in [5, 5.41) is 16.1. The minimum Gasteiger partial charge on any atom is -0.387 e. The van der Waals surface area contributed by atoms with E-state index in [4.69, 9.17) is 0 Å². The van der Waals surface area contributed by atoms with Crippen LogP contribution in [-0.2, 0) is 12.8 Å².